The van der Waals surface area contributed by atoms with Crippen LogP contribution in [0.4, 0.5) is 5.69 Å². The molecule has 25 heavy (non-hydrogen) atoms. The zero-order valence-corrected chi connectivity index (χ0v) is 18.4. The van der Waals surface area contributed by atoms with Crippen molar-refractivity contribution >= 4 is 53.3 Å². The quantitative estimate of drug-likeness (QED) is 0.388. The van der Waals surface area contributed by atoms with Crippen molar-refractivity contribution in [2.75, 3.05) is 30.7 Å². The molecule has 2 rings (SSSR count). The highest BCUT2D eigenvalue weighted by atomic mass is 127. The maximum absolute atomic E-state index is 11.2. The molecule has 1 fully saturated rings. The first-order valence-electron chi connectivity index (χ1n) is 8.63. The molecule has 140 valence electrons. The van der Waals surface area contributed by atoms with Gasteiger partial charge in [0.25, 0.3) is 0 Å². The zero-order valence-electron chi connectivity index (χ0n) is 15.2. The molecule has 1 aromatic rings. The summed E-state index contributed by atoms with van der Waals surface area (Å²) in [5.74, 6) is 2.09. The monoisotopic (exact) mass is 476 g/mol. The number of thioether (sulfide) groups is 1. The SMILES string of the molecule is CCNC(=NCc1cccc(NC(C)=O)c1)N1CCSC(CC)C1.I. The van der Waals surface area contributed by atoms with Gasteiger partial charge in [-0.1, -0.05) is 19.1 Å². The fourth-order valence-electron chi connectivity index (χ4n) is 2.70. The van der Waals surface area contributed by atoms with E-state index < -0.39 is 0 Å². The molecule has 1 aromatic carbocycles. The van der Waals surface area contributed by atoms with E-state index in [1.165, 1.54) is 13.3 Å². The van der Waals surface area contributed by atoms with E-state index in [1.54, 1.807) is 0 Å². The van der Waals surface area contributed by atoms with E-state index in [4.69, 9.17) is 4.99 Å². The maximum Gasteiger partial charge on any atom is 0.221 e. The Labute approximate surface area is 172 Å². The normalized spacial score (nSPS) is 17.6. The lowest BCUT2D eigenvalue weighted by molar-refractivity contribution is -0.114. The summed E-state index contributed by atoms with van der Waals surface area (Å²) in [5.41, 5.74) is 1.91. The summed E-state index contributed by atoms with van der Waals surface area (Å²) < 4.78 is 0. The van der Waals surface area contributed by atoms with Crippen molar-refractivity contribution in [2.24, 2.45) is 4.99 Å². The van der Waals surface area contributed by atoms with Crippen LogP contribution in [0, 0.1) is 0 Å². The first-order valence-corrected chi connectivity index (χ1v) is 9.68. The number of carbonyl (C=O) groups is 1. The summed E-state index contributed by atoms with van der Waals surface area (Å²) in [6, 6.07) is 7.87. The fourth-order valence-corrected chi connectivity index (χ4v) is 3.88. The Balaban J connectivity index is 0.00000312. The highest BCUT2D eigenvalue weighted by Crippen LogP contribution is 2.21. The van der Waals surface area contributed by atoms with E-state index in [2.05, 4.69) is 41.1 Å². The summed E-state index contributed by atoms with van der Waals surface area (Å²) in [5, 5.41) is 6.92. The number of aliphatic imine (C=N–C) groups is 1. The van der Waals surface area contributed by atoms with E-state index in [1.807, 2.05) is 24.3 Å². The Morgan fingerprint density at radius 3 is 2.88 bits per heavy atom. The summed E-state index contributed by atoms with van der Waals surface area (Å²) >= 11 is 2.06. The molecule has 1 atom stereocenters. The van der Waals surface area contributed by atoms with E-state index in [0.29, 0.717) is 11.8 Å². The second-order valence-corrected chi connectivity index (χ2v) is 7.31. The van der Waals surface area contributed by atoms with E-state index >= 15 is 0 Å². The largest absolute Gasteiger partial charge is 0.357 e. The number of nitrogens with one attached hydrogen (secondary N) is 2. The molecular formula is C18H29IN4OS. The molecule has 0 bridgehead atoms. The van der Waals surface area contributed by atoms with Crippen molar-refractivity contribution < 1.29 is 4.79 Å². The predicted octanol–water partition coefficient (Wildman–Crippen LogP) is 3.56. The van der Waals surface area contributed by atoms with Crippen molar-refractivity contribution in [3.8, 4) is 0 Å². The minimum absolute atomic E-state index is 0. The number of carbonyl (C=O) groups excluding carboxylic acids is 1. The average molecular weight is 476 g/mol. The number of benzene rings is 1. The Hall–Kier alpha value is -0.960. The molecule has 0 radical (unpaired) electrons. The molecule has 0 spiro atoms. The second-order valence-electron chi connectivity index (χ2n) is 5.90. The number of hydrogen-bond donors (Lipinski definition) is 2. The molecule has 0 aromatic heterocycles. The minimum atomic E-state index is -0.0552. The Bertz CT molecular complexity index is 582. The summed E-state index contributed by atoms with van der Waals surface area (Å²) in [7, 11) is 0. The number of rotatable bonds is 5. The van der Waals surface area contributed by atoms with Gasteiger partial charge >= 0.3 is 0 Å². The average Bonchev–Trinajstić information content (AvgIpc) is 2.58. The van der Waals surface area contributed by atoms with Crippen molar-refractivity contribution in [3.05, 3.63) is 29.8 Å². The first kappa shape index (κ1) is 22.1. The Kier molecular flexibility index (Phi) is 10.3. The van der Waals surface area contributed by atoms with Gasteiger partial charge in [0, 0.05) is 43.2 Å². The van der Waals surface area contributed by atoms with Crippen LogP contribution in [0.2, 0.25) is 0 Å². The van der Waals surface area contributed by atoms with Gasteiger partial charge in [-0.25, -0.2) is 4.99 Å². The number of guanidine groups is 1. The van der Waals surface area contributed by atoms with Crippen LogP contribution in [0.3, 0.4) is 0 Å². The van der Waals surface area contributed by atoms with Crippen LogP contribution in [0.15, 0.2) is 29.3 Å². The highest BCUT2D eigenvalue weighted by molar-refractivity contribution is 14.0. The third-order valence-corrected chi connectivity index (χ3v) is 5.26. The Morgan fingerprint density at radius 2 is 2.20 bits per heavy atom. The van der Waals surface area contributed by atoms with Crippen LogP contribution in [-0.2, 0) is 11.3 Å². The second kappa shape index (κ2) is 11.6. The van der Waals surface area contributed by atoms with E-state index in [-0.39, 0.29) is 29.9 Å². The van der Waals surface area contributed by atoms with Gasteiger partial charge in [-0.2, -0.15) is 11.8 Å². The molecule has 2 N–H and O–H groups in total. The molecule has 1 unspecified atom stereocenters. The van der Waals surface area contributed by atoms with Gasteiger partial charge in [0.15, 0.2) is 5.96 Å². The van der Waals surface area contributed by atoms with E-state index in [9.17, 15) is 4.79 Å². The Morgan fingerprint density at radius 1 is 1.40 bits per heavy atom. The number of amides is 1. The molecule has 0 saturated carbocycles. The number of anilines is 1. The molecule has 0 aliphatic carbocycles. The van der Waals surface area contributed by atoms with Crippen molar-refractivity contribution in [2.45, 2.75) is 39.0 Å². The summed E-state index contributed by atoms with van der Waals surface area (Å²) in [6.07, 6.45) is 1.19. The third-order valence-electron chi connectivity index (χ3n) is 3.89. The minimum Gasteiger partial charge on any atom is -0.357 e. The lowest BCUT2D eigenvalue weighted by atomic mass is 10.2. The summed E-state index contributed by atoms with van der Waals surface area (Å²) in [4.78, 5) is 18.4. The van der Waals surface area contributed by atoms with Crippen molar-refractivity contribution in [1.29, 1.82) is 0 Å². The van der Waals surface area contributed by atoms with Gasteiger partial charge in [0.1, 0.15) is 0 Å². The summed E-state index contributed by atoms with van der Waals surface area (Å²) in [6.45, 7) is 9.44. The fraction of sp³-hybridized carbons (Fsp3) is 0.556. The van der Waals surface area contributed by atoms with Crippen molar-refractivity contribution in [3.63, 3.8) is 0 Å². The van der Waals surface area contributed by atoms with Crippen LogP contribution in [-0.4, -0.2) is 47.4 Å². The van der Waals surface area contributed by atoms with Crippen LogP contribution >= 0.6 is 35.7 Å². The molecule has 1 aliphatic rings. The van der Waals surface area contributed by atoms with Gasteiger partial charge in [-0.15, -0.1) is 24.0 Å². The van der Waals surface area contributed by atoms with Gasteiger partial charge in [-0.3, -0.25) is 4.79 Å². The molecule has 1 amide bonds. The topological polar surface area (TPSA) is 56.7 Å². The van der Waals surface area contributed by atoms with Gasteiger partial charge < -0.3 is 15.5 Å². The number of hydrogen-bond acceptors (Lipinski definition) is 3. The third kappa shape index (κ3) is 7.43. The van der Waals surface area contributed by atoms with Gasteiger partial charge in [-0.05, 0) is 31.0 Å². The number of nitrogens with zero attached hydrogens (tertiary/aromatic N) is 2. The zero-order chi connectivity index (χ0) is 17.4. The molecule has 5 nitrogen and oxygen atoms in total. The lowest BCUT2D eigenvalue weighted by Gasteiger charge is -2.34. The molecule has 1 saturated heterocycles. The number of halogens is 1. The van der Waals surface area contributed by atoms with Crippen molar-refractivity contribution in [1.82, 2.24) is 10.2 Å². The van der Waals surface area contributed by atoms with Crippen LogP contribution in [0.5, 0.6) is 0 Å². The smallest absolute Gasteiger partial charge is 0.221 e. The van der Waals surface area contributed by atoms with Crippen LogP contribution in [0.25, 0.3) is 0 Å². The van der Waals surface area contributed by atoms with E-state index in [0.717, 1.165) is 42.6 Å². The van der Waals surface area contributed by atoms with Gasteiger partial charge in [0.05, 0.1) is 6.54 Å². The predicted molar refractivity (Wildman–Crippen MR) is 119 cm³/mol. The van der Waals surface area contributed by atoms with Crippen LogP contribution < -0.4 is 10.6 Å². The maximum atomic E-state index is 11.2. The molecule has 1 aliphatic heterocycles. The molecule has 1 heterocycles. The molecular weight excluding hydrogens is 447 g/mol. The highest BCUT2D eigenvalue weighted by Gasteiger charge is 2.21. The van der Waals surface area contributed by atoms with Gasteiger partial charge in [0.2, 0.25) is 5.91 Å². The first-order chi connectivity index (χ1) is 11.6. The molecule has 7 heteroatoms. The lowest BCUT2D eigenvalue weighted by Crippen LogP contribution is -2.48. The standard InChI is InChI=1S/C18H28N4OS.HI/c1-4-17-13-22(9-10-24-17)18(19-5-2)20-12-15-7-6-8-16(11-15)21-14(3)23;/h6-8,11,17H,4-5,9-10,12-13H2,1-3H3,(H,19,20)(H,21,23);1H. The van der Waals surface area contributed by atoms with Crippen LogP contribution in [0.1, 0.15) is 32.8 Å².